The zero-order chi connectivity index (χ0) is 21.1. The molecule has 0 saturated heterocycles. The van der Waals surface area contributed by atoms with Crippen LogP contribution in [0.5, 0.6) is 0 Å². The Labute approximate surface area is 174 Å². The van der Waals surface area contributed by atoms with Gasteiger partial charge in [-0.3, -0.25) is 4.99 Å². The number of methoxy groups -OCH3 is 1. The Morgan fingerprint density at radius 3 is 2.57 bits per heavy atom. The van der Waals surface area contributed by atoms with E-state index in [2.05, 4.69) is 6.07 Å². The van der Waals surface area contributed by atoms with Gasteiger partial charge in [0.25, 0.3) is 0 Å². The summed E-state index contributed by atoms with van der Waals surface area (Å²) in [6.07, 6.45) is 6.49. The van der Waals surface area contributed by atoms with Gasteiger partial charge in [-0.2, -0.15) is 0 Å². The highest BCUT2D eigenvalue weighted by atomic mass is 19.2. The fourth-order valence-electron chi connectivity index (χ4n) is 5.71. The Morgan fingerprint density at radius 2 is 1.90 bits per heavy atom. The maximum atomic E-state index is 14.6. The zero-order valence-electron chi connectivity index (χ0n) is 17.2. The van der Waals surface area contributed by atoms with E-state index in [1.165, 1.54) is 11.6 Å². The minimum atomic E-state index is -0.849. The molecular formula is C24H25F2N3O. The lowest BCUT2D eigenvalue weighted by Crippen LogP contribution is -2.43. The van der Waals surface area contributed by atoms with Crippen molar-refractivity contribution in [1.29, 1.82) is 0 Å². The summed E-state index contributed by atoms with van der Waals surface area (Å²) in [6.45, 7) is 1.94. The van der Waals surface area contributed by atoms with Crippen LogP contribution in [-0.2, 0) is 16.8 Å². The molecule has 30 heavy (non-hydrogen) atoms. The molecule has 2 aromatic rings. The van der Waals surface area contributed by atoms with E-state index in [1.54, 1.807) is 19.4 Å². The molecule has 1 atom stereocenters. The molecule has 0 radical (unpaired) electrons. The van der Waals surface area contributed by atoms with Crippen LogP contribution in [0.15, 0.2) is 40.3 Å². The number of halogens is 2. The maximum absolute atomic E-state index is 14.6. The van der Waals surface area contributed by atoms with Crippen molar-refractivity contribution in [2.75, 3.05) is 7.11 Å². The summed E-state index contributed by atoms with van der Waals surface area (Å²) < 4.78 is 34.1. The summed E-state index contributed by atoms with van der Waals surface area (Å²) in [5, 5.41) is 0. The molecule has 0 unspecified atom stereocenters. The molecule has 2 aliphatic carbocycles. The topological polar surface area (TPSA) is 60.0 Å². The Bertz CT molecular complexity index is 1090. The third-order valence-electron chi connectivity index (χ3n) is 7.23. The van der Waals surface area contributed by atoms with Crippen molar-refractivity contribution in [3.05, 3.63) is 58.7 Å². The van der Waals surface area contributed by atoms with Gasteiger partial charge in [-0.05, 0) is 67.9 Å². The van der Waals surface area contributed by atoms with Crippen LogP contribution in [0.3, 0.4) is 0 Å². The molecule has 5 rings (SSSR count). The van der Waals surface area contributed by atoms with Crippen LogP contribution in [0.2, 0.25) is 0 Å². The highest BCUT2D eigenvalue weighted by Crippen LogP contribution is 2.62. The normalized spacial score (nSPS) is 29.6. The van der Waals surface area contributed by atoms with Gasteiger partial charge in [0.2, 0.25) is 0 Å². The molecular weight excluding hydrogens is 384 g/mol. The molecule has 2 spiro atoms. The smallest absolute Gasteiger partial charge is 0.184 e. The summed E-state index contributed by atoms with van der Waals surface area (Å²) in [5.41, 5.74) is 9.08. The van der Waals surface area contributed by atoms with Crippen LogP contribution in [-0.4, -0.2) is 25.3 Å². The lowest BCUT2D eigenvalue weighted by atomic mass is 9.65. The number of amidine groups is 1. The first-order chi connectivity index (χ1) is 14.4. The van der Waals surface area contributed by atoms with Crippen LogP contribution in [0, 0.1) is 24.0 Å². The minimum Gasteiger partial charge on any atom is -0.383 e. The number of nitrogens with two attached hydrogens (primary N) is 1. The van der Waals surface area contributed by atoms with Gasteiger partial charge in [0, 0.05) is 23.7 Å². The molecule has 6 heteroatoms. The first-order valence-corrected chi connectivity index (χ1v) is 10.4. The van der Waals surface area contributed by atoms with E-state index in [-0.39, 0.29) is 17.1 Å². The largest absolute Gasteiger partial charge is 0.383 e. The Morgan fingerprint density at radius 1 is 1.13 bits per heavy atom. The van der Waals surface area contributed by atoms with Crippen molar-refractivity contribution >= 4 is 12.1 Å². The van der Waals surface area contributed by atoms with Crippen LogP contribution >= 0.6 is 0 Å². The second-order valence-electron chi connectivity index (χ2n) is 8.78. The molecule has 1 saturated carbocycles. The maximum Gasteiger partial charge on any atom is 0.184 e. The number of nitrogens with zero attached hydrogens (tertiary/aromatic N) is 2. The van der Waals surface area contributed by atoms with Gasteiger partial charge in [0.15, 0.2) is 17.3 Å². The van der Waals surface area contributed by atoms with Crippen LogP contribution in [0.25, 0.3) is 11.1 Å². The van der Waals surface area contributed by atoms with E-state index in [0.717, 1.165) is 49.3 Å². The number of benzene rings is 2. The second kappa shape index (κ2) is 6.71. The summed E-state index contributed by atoms with van der Waals surface area (Å²) in [7, 11) is 1.76. The molecule has 0 aromatic heterocycles. The van der Waals surface area contributed by atoms with Crippen molar-refractivity contribution in [2.24, 2.45) is 21.1 Å². The molecule has 1 fully saturated rings. The number of aryl methyl sites for hydroxylation is 1. The van der Waals surface area contributed by atoms with Crippen molar-refractivity contribution in [3.8, 4) is 11.1 Å². The Kier molecular flexibility index (Phi) is 4.33. The van der Waals surface area contributed by atoms with Crippen molar-refractivity contribution < 1.29 is 13.5 Å². The van der Waals surface area contributed by atoms with E-state index in [9.17, 15) is 8.78 Å². The van der Waals surface area contributed by atoms with Crippen LogP contribution in [0.1, 0.15) is 42.4 Å². The summed E-state index contributed by atoms with van der Waals surface area (Å²) >= 11 is 0. The molecule has 1 aliphatic heterocycles. The molecule has 3 aliphatic rings. The highest BCUT2D eigenvalue weighted by Gasteiger charge is 2.60. The predicted molar refractivity (Wildman–Crippen MR) is 114 cm³/mol. The number of rotatable bonds is 2. The van der Waals surface area contributed by atoms with E-state index >= 15 is 0 Å². The van der Waals surface area contributed by atoms with Crippen molar-refractivity contribution in [2.45, 2.75) is 50.8 Å². The first-order valence-electron chi connectivity index (χ1n) is 10.4. The average Bonchev–Trinajstić information content (AvgIpc) is 3.24. The highest BCUT2D eigenvalue weighted by molar-refractivity contribution is 6.30. The molecule has 4 nitrogen and oxygen atoms in total. The number of hydrogen-bond acceptors (Lipinski definition) is 4. The molecule has 156 valence electrons. The number of hydrogen-bond donors (Lipinski definition) is 1. The number of fused-ring (bicyclic) bond motifs is 3. The van der Waals surface area contributed by atoms with E-state index in [0.29, 0.717) is 11.4 Å². The van der Waals surface area contributed by atoms with Gasteiger partial charge in [0.05, 0.1) is 12.3 Å². The minimum absolute atomic E-state index is 0.173. The lowest BCUT2D eigenvalue weighted by molar-refractivity contribution is -0.000297. The monoisotopic (exact) mass is 409 g/mol. The standard InChI is InChI=1S/C24H25F2N3O/c1-14-10-15-12-23(8-6-16(30-2)7-9-23)24(28-13-21(27)29-24)19(15)11-18(14)17-4-3-5-20(25)22(17)26/h3-5,10-11,13,16H,6-9,12H2,1-2H3,(H2,27,29)/t16?,23?,24-/m0/s1. The van der Waals surface area contributed by atoms with Gasteiger partial charge in [-0.25, -0.2) is 13.8 Å². The average molecular weight is 409 g/mol. The van der Waals surface area contributed by atoms with Gasteiger partial charge in [-0.1, -0.05) is 18.2 Å². The predicted octanol–water partition coefficient (Wildman–Crippen LogP) is 4.67. The summed E-state index contributed by atoms with van der Waals surface area (Å²) in [5.74, 6) is -1.27. The van der Waals surface area contributed by atoms with Gasteiger partial charge in [-0.15, -0.1) is 0 Å². The van der Waals surface area contributed by atoms with Gasteiger partial charge < -0.3 is 10.5 Å². The molecule has 0 bridgehead atoms. The van der Waals surface area contributed by atoms with Gasteiger partial charge in [0.1, 0.15) is 5.84 Å². The Balaban J connectivity index is 1.68. The molecule has 0 amide bonds. The Hall–Kier alpha value is -2.60. The van der Waals surface area contributed by atoms with Crippen LogP contribution < -0.4 is 5.73 Å². The summed E-state index contributed by atoms with van der Waals surface area (Å²) in [6, 6.07) is 8.34. The fourth-order valence-corrected chi connectivity index (χ4v) is 5.71. The van der Waals surface area contributed by atoms with E-state index in [4.69, 9.17) is 20.5 Å². The number of ether oxygens (including phenoxy) is 1. The summed E-state index contributed by atoms with van der Waals surface area (Å²) in [4.78, 5) is 9.72. The number of aliphatic imine (C=N–C) groups is 2. The van der Waals surface area contributed by atoms with Crippen molar-refractivity contribution in [3.63, 3.8) is 0 Å². The quantitative estimate of drug-likeness (QED) is 0.784. The third-order valence-corrected chi connectivity index (χ3v) is 7.23. The van der Waals surface area contributed by atoms with Crippen molar-refractivity contribution in [1.82, 2.24) is 0 Å². The first kappa shape index (κ1) is 19.4. The van der Waals surface area contributed by atoms with Crippen LogP contribution in [0.4, 0.5) is 8.78 Å². The zero-order valence-corrected chi connectivity index (χ0v) is 17.2. The molecule has 2 aromatic carbocycles. The SMILES string of the molecule is COC1CCC2(CC1)Cc1cc(C)c(-c3cccc(F)c3F)cc1[C@@]21N=CC(N)=N1. The second-order valence-corrected chi connectivity index (χ2v) is 8.78. The molecule has 2 N–H and O–H groups in total. The fraction of sp³-hybridized carbons (Fsp3) is 0.417. The van der Waals surface area contributed by atoms with E-state index < -0.39 is 17.3 Å². The van der Waals surface area contributed by atoms with Gasteiger partial charge >= 0.3 is 0 Å². The molecule has 1 heterocycles. The third kappa shape index (κ3) is 2.59. The van der Waals surface area contributed by atoms with E-state index in [1.807, 2.05) is 13.0 Å². The lowest BCUT2D eigenvalue weighted by Gasteiger charge is -2.44.